The molecule has 120 valence electrons. The molecule has 1 fully saturated rings. The zero-order valence-electron chi connectivity index (χ0n) is 13.0. The Morgan fingerprint density at radius 2 is 2.00 bits per heavy atom. The molecule has 5 nitrogen and oxygen atoms in total. The molecule has 0 unspecified atom stereocenters. The number of likely N-dealkylation sites (tertiary alicyclic amines) is 1. The summed E-state index contributed by atoms with van der Waals surface area (Å²) in [5.74, 6) is -0.150. The molecule has 0 atom stereocenters. The molecule has 2 N–H and O–H groups in total. The molecular weight excluding hydrogens is 280 g/mol. The molecule has 0 spiro atoms. The summed E-state index contributed by atoms with van der Waals surface area (Å²) in [5, 5.41) is 12.3. The minimum Gasteiger partial charge on any atom is -0.393 e. The van der Waals surface area contributed by atoms with Gasteiger partial charge in [0.15, 0.2) is 0 Å². The number of nitrogens with zero attached hydrogens (tertiary/aromatic N) is 1. The van der Waals surface area contributed by atoms with Crippen molar-refractivity contribution in [3.05, 3.63) is 29.8 Å². The first-order valence-electron chi connectivity index (χ1n) is 7.93. The predicted molar refractivity (Wildman–Crippen MR) is 85.5 cm³/mol. The van der Waals surface area contributed by atoms with Crippen LogP contribution in [0, 0.1) is 0 Å². The highest BCUT2D eigenvalue weighted by molar-refractivity contribution is 5.93. The number of anilines is 1. The molecule has 2 amide bonds. The first-order chi connectivity index (χ1) is 10.6. The summed E-state index contributed by atoms with van der Waals surface area (Å²) in [6.45, 7) is 3.23. The second-order valence-corrected chi connectivity index (χ2v) is 5.71. The van der Waals surface area contributed by atoms with Crippen LogP contribution in [0.2, 0.25) is 0 Å². The standard InChI is InChI=1S/C17H24N2O3/c1-2-13-4-3-5-14(12-13)18-16(21)6-7-17(22)19-10-8-15(20)9-11-19/h3-5,12,15,20H,2,6-11H2,1H3,(H,18,21). The van der Waals surface area contributed by atoms with E-state index < -0.39 is 0 Å². The maximum atomic E-state index is 12.0. The summed E-state index contributed by atoms with van der Waals surface area (Å²) >= 11 is 0. The van der Waals surface area contributed by atoms with Gasteiger partial charge in [-0.15, -0.1) is 0 Å². The summed E-state index contributed by atoms with van der Waals surface area (Å²) < 4.78 is 0. The number of benzene rings is 1. The van der Waals surface area contributed by atoms with Gasteiger partial charge < -0.3 is 15.3 Å². The summed E-state index contributed by atoms with van der Waals surface area (Å²) in [7, 11) is 0. The minimum atomic E-state index is -0.293. The number of hydrogen-bond acceptors (Lipinski definition) is 3. The van der Waals surface area contributed by atoms with Gasteiger partial charge in [-0.1, -0.05) is 19.1 Å². The van der Waals surface area contributed by atoms with Gasteiger partial charge in [0.1, 0.15) is 0 Å². The van der Waals surface area contributed by atoms with Gasteiger partial charge in [0.25, 0.3) is 0 Å². The van der Waals surface area contributed by atoms with Crippen molar-refractivity contribution in [2.45, 2.75) is 45.1 Å². The van der Waals surface area contributed by atoms with Crippen molar-refractivity contribution in [1.29, 1.82) is 0 Å². The van der Waals surface area contributed by atoms with E-state index in [0.29, 0.717) is 25.9 Å². The van der Waals surface area contributed by atoms with Crippen molar-refractivity contribution < 1.29 is 14.7 Å². The number of aryl methyl sites for hydroxylation is 1. The Hall–Kier alpha value is -1.88. The monoisotopic (exact) mass is 304 g/mol. The summed E-state index contributed by atoms with van der Waals surface area (Å²) in [4.78, 5) is 25.7. The largest absolute Gasteiger partial charge is 0.393 e. The van der Waals surface area contributed by atoms with Crippen molar-refractivity contribution in [3.63, 3.8) is 0 Å². The van der Waals surface area contributed by atoms with E-state index in [9.17, 15) is 14.7 Å². The zero-order valence-corrected chi connectivity index (χ0v) is 13.0. The van der Waals surface area contributed by atoms with E-state index in [2.05, 4.69) is 12.2 Å². The van der Waals surface area contributed by atoms with Gasteiger partial charge in [-0.2, -0.15) is 0 Å². The molecule has 1 aromatic carbocycles. The average molecular weight is 304 g/mol. The van der Waals surface area contributed by atoms with Crippen molar-refractivity contribution in [2.75, 3.05) is 18.4 Å². The van der Waals surface area contributed by atoms with Crippen LogP contribution in [0.25, 0.3) is 0 Å². The van der Waals surface area contributed by atoms with Gasteiger partial charge in [-0.05, 0) is 37.0 Å². The number of piperidine rings is 1. The Morgan fingerprint density at radius 3 is 2.68 bits per heavy atom. The first-order valence-corrected chi connectivity index (χ1v) is 7.93. The Labute approximate surface area is 131 Å². The van der Waals surface area contributed by atoms with Gasteiger partial charge in [-0.25, -0.2) is 0 Å². The number of nitrogens with one attached hydrogen (secondary N) is 1. The highest BCUT2D eigenvalue weighted by Gasteiger charge is 2.21. The number of hydrogen-bond donors (Lipinski definition) is 2. The molecule has 1 saturated heterocycles. The number of aliphatic hydroxyl groups is 1. The molecule has 0 radical (unpaired) electrons. The molecule has 1 aliphatic heterocycles. The molecule has 0 aromatic heterocycles. The highest BCUT2D eigenvalue weighted by Crippen LogP contribution is 2.13. The molecular formula is C17H24N2O3. The molecule has 1 aromatic rings. The number of amides is 2. The Morgan fingerprint density at radius 1 is 1.27 bits per heavy atom. The number of rotatable bonds is 5. The van der Waals surface area contributed by atoms with E-state index in [4.69, 9.17) is 0 Å². The summed E-state index contributed by atoms with van der Waals surface area (Å²) in [6, 6.07) is 7.74. The van der Waals surface area contributed by atoms with Crippen molar-refractivity contribution in [1.82, 2.24) is 4.90 Å². The van der Waals surface area contributed by atoms with Gasteiger partial charge in [0, 0.05) is 31.6 Å². The molecule has 0 saturated carbocycles. The maximum Gasteiger partial charge on any atom is 0.224 e. The third-order valence-electron chi connectivity index (χ3n) is 4.00. The first kappa shape index (κ1) is 16.5. The third-order valence-corrected chi connectivity index (χ3v) is 4.00. The van der Waals surface area contributed by atoms with Crippen LogP contribution in [0.4, 0.5) is 5.69 Å². The van der Waals surface area contributed by atoms with Crippen LogP contribution >= 0.6 is 0 Å². The Balaban J connectivity index is 1.76. The number of carbonyl (C=O) groups excluding carboxylic acids is 2. The van der Waals surface area contributed by atoms with Crippen molar-refractivity contribution >= 4 is 17.5 Å². The summed E-state index contributed by atoms with van der Waals surface area (Å²) in [5.41, 5.74) is 1.94. The second-order valence-electron chi connectivity index (χ2n) is 5.71. The van der Waals surface area contributed by atoms with E-state index in [1.54, 1.807) is 4.90 Å². The lowest BCUT2D eigenvalue weighted by Gasteiger charge is -2.29. The minimum absolute atomic E-state index is 0.00985. The average Bonchev–Trinajstić information content (AvgIpc) is 2.53. The lowest BCUT2D eigenvalue weighted by atomic mass is 10.1. The van der Waals surface area contributed by atoms with Crippen LogP contribution in [0.1, 0.15) is 38.2 Å². The van der Waals surface area contributed by atoms with E-state index in [0.717, 1.165) is 12.1 Å². The van der Waals surface area contributed by atoms with Crippen molar-refractivity contribution in [3.8, 4) is 0 Å². The lowest BCUT2D eigenvalue weighted by molar-refractivity contribution is -0.134. The SMILES string of the molecule is CCc1cccc(NC(=O)CCC(=O)N2CCC(O)CC2)c1. The lowest BCUT2D eigenvalue weighted by Crippen LogP contribution is -2.40. The van der Waals surface area contributed by atoms with Gasteiger partial charge in [-0.3, -0.25) is 9.59 Å². The normalized spacial score (nSPS) is 15.6. The number of carbonyl (C=O) groups is 2. The quantitative estimate of drug-likeness (QED) is 0.873. The van der Waals surface area contributed by atoms with Gasteiger partial charge in [0.2, 0.25) is 11.8 Å². The topological polar surface area (TPSA) is 69.6 Å². The fourth-order valence-electron chi connectivity index (χ4n) is 2.59. The second kappa shape index (κ2) is 7.94. The van der Waals surface area contributed by atoms with Crippen LogP contribution in [0.5, 0.6) is 0 Å². The third kappa shape index (κ3) is 4.84. The fourth-order valence-corrected chi connectivity index (χ4v) is 2.59. The molecule has 1 heterocycles. The Kier molecular flexibility index (Phi) is 5.95. The van der Waals surface area contributed by atoms with E-state index in [1.807, 2.05) is 24.3 Å². The molecule has 1 aliphatic rings. The van der Waals surface area contributed by atoms with Crippen LogP contribution in [0.3, 0.4) is 0 Å². The van der Waals surface area contributed by atoms with E-state index >= 15 is 0 Å². The number of aliphatic hydroxyl groups excluding tert-OH is 1. The molecule has 0 bridgehead atoms. The highest BCUT2D eigenvalue weighted by atomic mass is 16.3. The molecule has 22 heavy (non-hydrogen) atoms. The van der Waals surface area contributed by atoms with Crippen LogP contribution in [-0.2, 0) is 16.0 Å². The van der Waals surface area contributed by atoms with Crippen LogP contribution in [-0.4, -0.2) is 41.0 Å². The molecule has 2 rings (SSSR count). The maximum absolute atomic E-state index is 12.0. The Bertz CT molecular complexity index is 522. The summed E-state index contributed by atoms with van der Waals surface area (Å²) in [6.07, 6.45) is 2.29. The smallest absolute Gasteiger partial charge is 0.224 e. The van der Waals surface area contributed by atoms with Gasteiger partial charge >= 0.3 is 0 Å². The van der Waals surface area contributed by atoms with Crippen LogP contribution in [0.15, 0.2) is 24.3 Å². The van der Waals surface area contributed by atoms with Crippen molar-refractivity contribution in [2.24, 2.45) is 0 Å². The molecule has 5 heteroatoms. The van der Waals surface area contributed by atoms with Crippen LogP contribution < -0.4 is 5.32 Å². The van der Waals surface area contributed by atoms with E-state index in [1.165, 1.54) is 5.56 Å². The van der Waals surface area contributed by atoms with Gasteiger partial charge in [0.05, 0.1) is 6.10 Å². The van der Waals surface area contributed by atoms with E-state index in [-0.39, 0.29) is 30.8 Å². The fraction of sp³-hybridized carbons (Fsp3) is 0.529. The zero-order chi connectivity index (χ0) is 15.9. The predicted octanol–water partition coefficient (Wildman–Crippen LogP) is 1.95. The molecule has 0 aliphatic carbocycles.